The normalized spacial score (nSPS) is 23.2. The van der Waals surface area contributed by atoms with Crippen molar-refractivity contribution in [3.8, 4) is 0 Å². The van der Waals surface area contributed by atoms with Gasteiger partial charge in [0.15, 0.2) is 0 Å². The van der Waals surface area contributed by atoms with Crippen molar-refractivity contribution in [1.82, 2.24) is 10.6 Å². The Kier molecular flexibility index (Phi) is 5.40. The van der Waals surface area contributed by atoms with E-state index in [9.17, 15) is 4.79 Å². The highest BCUT2D eigenvalue weighted by Gasteiger charge is 2.25. The molecule has 4 heteroatoms. The molecule has 0 radical (unpaired) electrons. The first kappa shape index (κ1) is 14.5. The van der Waals surface area contributed by atoms with Gasteiger partial charge in [0.25, 0.3) is 0 Å². The lowest BCUT2D eigenvalue weighted by atomic mass is 9.92. The topological polar surface area (TPSA) is 50.4 Å². The molecule has 0 saturated carbocycles. The van der Waals surface area contributed by atoms with E-state index in [-0.39, 0.29) is 17.6 Å². The third-order valence-electron chi connectivity index (χ3n) is 3.57. The van der Waals surface area contributed by atoms with Crippen LogP contribution in [-0.2, 0) is 9.53 Å². The average molecular weight is 242 g/mol. The van der Waals surface area contributed by atoms with Gasteiger partial charge >= 0.3 is 0 Å². The predicted octanol–water partition coefficient (Wildman–Crippen LogP) is 1.31. The maximum Gasteiger partial charge on any atom is 0.223 e. The summed E-state index contributed by atoms with van der Waals surface area (Å²) in [6.45, 7) is 8.07. The largest absolute Gasteiger partial charge is 0.378 e. The molecule has 0 spiro atoms. The molecule has 2 N–H and O–H groups in total. The van der Waals surface area contributed by atoms with Gasteiger partial charge in [-0.3, -0.25) is 4.79 Å². The van der Waals surface area contributed by atoms with E-state index in [1.165, 1.54) is 12.8 Å². The minimum absolute atomic E-state index is 0.0786. The summed E-state index contributed by atoms with van der Waals surface area (Å²) in [4.78, 5) is 11.9. The number of nitrogens with one attached hydrogen (secondary N) is 2. The van der Waals surface area contributed by atoms with Crippen molar-refractivity contribution in [2.75, 3.05) is 20.2 Å². The lowest BCUT2D eigenvalue weighted by Gasteiger charge is -2.30. The first-order valence-corrected chi connectivity index (χ1v) is 6.50. The summed E-state index contributed by atoms with van der Waals surface area (Å²) in [6, 6.07) is 0.239. The average Bonchev–Trinajstić information content (AvgIpc) is 2.29. The second-order valence-electron chi connectivity index (χ2n) is 5.60. The zero-order valence-corrected chi connectivity index (χ0v) is 11.5. The maximum atomic E-state index is 11.9. The third-order valence-corrected chi connectivity index (χ3v) is 3.57. The van der Waals surface area contributed by atoms with Crippen LogP contribution in [0.5, 0.6) is 0 Å². The van der Waals surface area contributed by atoms with E-state index in [2.05, 4.69) is 17.6 Å². The van der Waals surface area contributed by atoms with Gasteiger partial charge in [-0.15, -0.1) is 0 Å². The van der Waals surface area contributed by atoms with Crippen molar-refractivity contribution in [2.24, 2.45) is 5.92 Å². The number of amides is 1. The van der Waals surface area contributed by atoms with Crippen LogP contribution < -0.4 is 10.6 Å². The molecule has 1 heterocycles. The van der Waals surface area contributed by atoms with Gasteiger partial charge in [0.1, 0.15) is 0 Å². The quantitative estimate of drug-likeness (QED) is 0.764. The molecule has 1 rings (SSSR count). The zero-order valence-electron chi connectivity index (χ0n) is 11.5. The summed E-state index contributed by atoms with van der Waals surface area (Å²) in [5.74, 6) is 0.633. The molecule has 0 bridgehead atoms. The molecular formula is C13H26N2O2. The standard InChI is InChI=1S/C13H26N2O2/c1-10(11-6-5-7-14-9-11)15-12(16)8-13(2,3)17-4/h10-11,14H,5-9H2,1-4H3,(H,15,16). The van der Waals surface area contributed by atoms with Crippen LogP contribution in [0, 0.1) is 5.92 Å². The van der Waals surface area contributed by atoms with Crippen LogP contribution in [0.15, 0.2) is 0 Å². The number of carbonyl (C=O) groups is 1. The van der Waals surface area contributed by atoms with Gasteiger partial charge in [0.05, 0.1) is 12.0 Å². The Morgan fingerprint density at radius 3 is 2.82 bits per heavy atom. The molecule has 1 aliphatic rings. The van der Waals surface area contributed by atoms with Crippen molar-refractivity contribution in [2.45, 2.75) is 51.7 Å². The number of methoxy groups -OCH3 is 1. The molecule has 0 aromatic heterocycles. The van der Waals surface area contributed by atoms with Gasteiger partial charge in [-0.05, 0) is 52.6 Å². The minimum atomic E-state index is -0.380. The molecule has 17 heavy (non-hydrogen) atoms. The van der Waals surface area contributed by atoms with Crippen LogP contribution in [-0.4, -0.2) is 37.7 Å². The monoisotopic (exact) mass is 242 g/mol. The fourth-order valence-corrected chi connectivity index (χ4v) is 2.19. The van der Waals surface area contributed by atoms with E-state index in [1.807, 2.05) is 13.8 Å². The summed E-state index contributed by atoms with van der Waals surface area (Å²) < 4.78 is 5.26. The van der Waals surface area contributed by atoms with E-state index in [0.29, 0.717) is 12.3 Å². The molecule has 100 valence electrons. The molecule has 1 amide bonds. The highest BCUT2D eigenvalue weighted by atomic mass is 16.5. The number of carbonyl (C=O) groups excluding carboxylic acids is 1. The van der Waals surface area contributed by atoms with Crippen LogP contribution >= 0.6 is 0 Å². The second-order valence-corrected chi connectivity index (χ2v) is 5.60. The summed E-state index contributed by atoms with van der Waals surface area (Å²) in [5.41, 5.74) is -0.380. The third kappa shape index (κ3) is 5.04. The maximum absolute atomic E-state index is 11.9. The Balaban J connectivity index is 2.34. The van der Waals surface area contributed by atoms with Gasteiger partial charge in [-0.25, -0.2) is 0 Å². The fraction of sp³-hybridized carbons (Fsp3) is 0.923. The Morgan fingerprint density at radius 1 is 1.59 bits per heavy atom. The number of hydrogen-bond acceptors (Lipinski definition) is 3. The van der Waals surface area contributed by atoms with Crippen LogP contribution in [0.4, 0.5) is 0 Å². The van der Waals surface area contributed by atoms with Crippen LogP contribution in [0.1, 0.15) is 40.0 Å². The number of ether oxygens (including phenoxy) is 1. The van der Waals surface area contributed by atoms with Crippen molar-refractivity contribution >= 4 is 5.91 Å². The van der Waals surface area contributed by atoms with Crippen molar-refractivity contribution in [3.63, 3.8) is 0 Å². The molecule has 0 aromatic carbocycles. The van der Waals surface area contributed by atoms with Gasteiger partial charge in [0.2, 0.25) is 5.91 Å². The highest BCUT2D eigenvalue weighted by Crippen LogP contribution is 2.16. The number of rotatable bonds is 5. The number of hydrogen-bond donors (Lipinski definition) is 2. The molecule has 4 nitrogen and oxygen atoms in total. The molecule has 0 aromatic rings. The SMILES string of the molecule is COC(C)(C)CC(=O)NC(C)C1CCCNC1. The lowest BCUT2D eigenvalue weighted by Crippen LogP contribution is -2.46. The van der Waals surface area contributed by atoms with Crippen LogP contribution in [0.2, 0.25) is 0 Å². The van der Waals surface area contributed by atoms with E-state index in [4.69, 9.17) is 4.74 Å². The Morgan fingerprint density at radius 2 is 2.29 bits per heavy atom. The second kappa shape index (κ2) is 6.36. The minimum Gasteiger partial charge on any atom is -0.378 e. The molecule has 1 fully saturated rings. The molecule has 0 aliphatic carbocycles. The molecule has 1 saturated heterocycles. The Hall–Kier alpha value is -0.610. The summed E-state index contributed by atoms with van der Waals surface area (Å²) in [7, 11) is 1.64. The van der Waals surface area contributed by atoms with E-state index in [0.717, 1.165) is 13.1 Å². The summed E-state index contributed by atoms with van der Waals surface area (Å²) in [5, 5.41) is 6.45. The number of piperidine rings is 1. The van der Waals surface area contributed by atoms with Crippen molar-refractivity contribution in [3.05, 3.63) is 0 Å². The fourth-order valence-electron chi connectivity index (χ4n) is 2.19. The van der Waals surface area contributed by atoms with Gasteiger partial charge in [-0.1, -0.05) is 0 Å². The van der Waals surface area contributed by atoms with Gasteiger partial charge in [-0.2, -0.15) is 0 Å². The molecule has 1 aliphatic heterocycles. The van der Waals surface area contributed by atoms with E-state index in [1.54, 1.807) is 7.11 Å². The van der Waals surface area contributed by atoms with Crippen LogP contribution in [0.25, 0.3) is 0 Å². The van der Waals surface area contributed by atoms with Gasteiger partial charge < -0.3 is 15.4 Å². The van der Waals surface area contributed by atoms with Crippen LogP contribution in [0.3, 0.4) is 0 Å². The first-order chi connectivity index (χ1) is 7.94. The van der Waals surface area contributed by atoms with Crippen molar-refractivity contribution < 1.29 is 9.53 Å². The zero-order chi connectivity index (χ0) is 12.9. The Bertz CT molecular complexity index is 248. The molecule has 2 unspecified atom stereocenters. The van der Waals surface area contributed by atoms with E-state index >= 15 is 0 Å². The van der Waals surface area contributed by atoms with E-state index < -0.39 is 0 Å². The smallest absolute Gasteiger partial charge is 0.223 e. The summed E-state index contributed by atoms with van der Waals surface area (Å²) in [6.07, 6.45) is 2.81. The molecular weight excluding hydrogens is 216 g/mol. The first-order valence-electron chi connectivity index (χ1n) is 6.50. The summed E-state index contributed by atoms with van der Waals surface area (Å²) >= 11 is 0. The highest BCUT2D eigenvalue weighted by molar-refractivity contribution is 5.77. The predicted molar refractivity (Wildman–Crippen MR) is 68.9 cm³/mol. The van der Waals surface area contributed by atoms with Crippen molar-refractivity contribution in [1.29, 1.82) is 0 Å². The Labute approximate surface area is 104 Å². The van der Waals surface area contributed by atoms with Gasteiger partial charge in [0, 0.05) is 13.2 Å². The lowest BCUT2D eigenvalue weighted by molar-refractivity contribution is -0.127. The molecule has 2 atom stereocenters.